The van der Waals surface area contributed by atoms with Crippen LogP contribution in [0.4, 0.5) is 5.69 Å². The zero-order valence-corrected chi connectivity index (χ0v) is 10.0. The second-order valence-electron chi connectivity index (χ2n) is 3.99. The van der Waals surface area contributed by atoms with Crippen LogP contribution in [0, 0.1) is 6.92 Å². The lowest BCUT2D eigenvalue weighted by Crippen LogP contribution is -2.30. The molecule has 6 nitrogen and oxygen atoms in total. The van der Waals surface area contributed by atoms with Gasteiger partial charge in [-0.15, -0.1) is 0 Å². The molecule has 0 saturated heterocycles. The van der Waals surface area contributed by atoms with Crippen molar-refractivity contribution in [3.8, 4) is 0 Å². The number of carboxylic acids is 1. The quantitative estimate of drug-likeness (QED) is 0.557. The van der Waals surface area contributed by atoms with Gasteiger partial charge in [0, 0.05) is 18.7 Å². The minimum Gasteiger partial charge on any atom is -0.479 e. The van der Waals surface area contributed by atoms with E-state index in [1.165, 1.54) is 0 Å². The van der Waals surface area contributed by atoms with Crippen LogP contribution in [-0.4, -0.2) is 34.7 Å². The highest BCUT2D eigenvalue weighted by molar-refractivity contribution is 5.99. The van der Waals surface area contributed by atoms with Crippen LogP contribution in [0.25, 0.3) is 0 Å². The van der Waals surface area contributed by atoms with Crippen molar-refractivity contribution in [2.75, 3.05) is 12.3 Å². The molecule has 6 heteroatoms. The van der Waals surface area contributed by atoms with Gasteiger partial charge in [-0.05, 0) is 19.1 Å². The molecule has 1 aromatic carbocycles. The normalized spacial score (nSPS) is 11.9. The van der Waals surface area contributed by atoms with E-state index in [0.717, 1.165) is 5.56 Å². The summed E-state index contributed by atoms with van der Waals surface area (Å²) in [7, 11) is 0. The summed E-state index contributed by atoms with van der Waals surface area (Å²) in [5.74, 6) is -1.69. The molecule has 1 atom stereocenters. The van der Waals surface area contributed by atoms with Gasteiger partial charge in [0.25, 0.3) is 5.91 Å². The van der Waals surface area contributed by atoms with E-state index in [4.69, 9.17) is 15.9 Å². The third kappa shape index (κ3) is 3.74. The summed E-state index contributed by atoms with van der Waals surface area (Å²) in [6.07, 6.45) is -1.52. The summed E-state index contributed by atoms with van der Waals surface area (Å²) < 4.78 is 0. The highest BCUT2D eigenvalue weighted by atomic mass is 16.4. The molecule has 1 amide bonds. The molecular weight excluding hydrogens is 236 g/mol. The number of nitrogen functional groups attached to an aromatic ring is 1. The Balaban J connectivity index is 2.55. The second kappa shape index (κ2) is 6.02. The lowest BCUT2D eigenvalue weighted by molar-refractivity contribution is -0.146. The van der Waals surface area contributed by atoms with Gasteiger partial charge in [0.05, 0.1) is 5.56 Å². The number of anilines is 1. The van der Waals surface area contributed by atoms with Gasteiger partial charge in [-0.2, -0.15) is 0 Å². The molecule has 0 aromatic heterocycles. The van der Waals surface area contributed by atoms with E-state index in [1.54, 1.807) is 18.2 Å². The van der Waals surface area contributed by atoms with Gasteiger partial charge in [0.2, 0.25) is 0 Å². The number of carboxylic acid groups (broad SMARTS) is 1. The van der Waals surface area contributed by atoms with Gasteiger partial charge in [-0.25, -0.2) is 4.79 Å². The third-order valence-electron chi connectivity index (χ3n) is 2.44. The average Bonchev–Trinajstić information content (AvgIpc) is 2.31. The minimum atomic E-state index is -1.47. The molecule has 0 spiro atoms. The molecule has 0 aliphatic rings. The van der Waals surface area contributed by atoms with E-state index < -0.39 is 12.1 Å². The Hall–Kier alpha value is -2.08. The molecule has 1 rings (SSSR count). The summed E-state index contributed by atoms with van der Waals surface area (Å²) in [6, 6.07) is 5.08. The first-order valence-electron chi connectivity index (χ1n) is 5.47. The molecule has 0 fully saturated rings. The number of nitrogens with one attached hydrogen (secondary N) is 1. The fourth-order valence-corrected chi connectivity index (χ4v) is 1.41. The van der Waals surface area contributed by atoms with E-state index in [2.05, 4.69) is 5.32 Å². The number of aliphatic hydroxyl groups excluding tert-OH is 1. The molecule has 0 unspecified atom stereocenters. The van der Waals surface area contributed by atoms with E-state index >= 15 is 0 Å². The van der Waals surface area contributed by atoms with Crippen molar-refractivity contribution in [1.82, 2.24) is 5.32 Å². The van der Waals surface area contributed by atoms with Gasteiger partial charge >= 0.3 is 5.97 Å². The number of carbonyl (C=O) groups excluding carboxylic acids is 1. The van der Waals surface area contributed by atoms with Crippen molar-refractivity contribution < 1.29 is 19.8 Å². The number of aliphatic carboxylic acids is 1. The van der Waals surface area contributed by atoms with E-state index in [9.17, 15) is 9.59 Å². The van der Waals surface area contributed by atoms with Crippen molar-refractivity contribution in [3.05, 3.63) is 29.3 Å². The largest absolute Gasteiger partial charge is 0.479 e. The van der Waals surface area contributed by atoms with Gasteiger partial charge in [-0.3, -0.25) is 4.79 Å². The topological polar surface area (TPSA) is 113 Å². The number of benzene rings is 1. The SMILES string of the molecule is Cc1ccc(N)c(C(=O)NCC[C@H](O)C(=O)O)c1. The van der Waals surface area contributed by atoms with E-state index in [-0.39, 0.29) is 18.9 Å². The van der Waals surface area contributed by atoms with Crippen LogP contribution >= 0.6 is 0 Å². The first-order valence-corrected chi connectivity index (χ1v) is 5.47. The molecule has 0 aliphatic carbocycles. The van der Waals surface area contributed by atoms with Crippen LogP contribution in [0.2, 0.25) is 0 Å². The molecule has 1 aromatic rings. The maximum absolute atomic E-state index is 11.7. The monoisotopic (exact) mass is 252 g/mol. The predicted octanol–water partition coefficient (Wildman–Crippen LogP) is 0.143. The Labute approximate surface area is 104 Å². The first kappa shape index (κ1) is 14.0. The van der Waals surface area contributed by atoms with Crippen LogP contribution in [0.3, 0.4) is 0 Å². The van der Waals surface area contributed by atoms with Crippen molar-refractivity contribution in [1.29, 1.82) is 0 Å². The van der Waals surface area contributed by atoms with E-state index in [0.29, 0.717) is 11.3 Å². The standard InChI is InChI=1S/C12H16N2O4/c1-7-2-3-9(13)8(6-7)11(16)14-5-4-10(15)12(17)18/h2-3,6,10,15H,4-5,13H2,1H3,(H,14,16)(H,17,18)/t10-/m0/s1. The Morgan fingerprint density at radius 2 is 2.11 bits per heavy atom. The van der Waals surface area contributed by atoms with Crippen LogP contribution in [-0.2, 0) is 4.79 Å². The maximum Gasteiger partial charge on any atom is 0.332 e. The number of aryl methyl sites for hydroxylation is 1. The Morgan fingerprint density at radius 3 is 2.72 bits per heavy atom. The predicted molar refractivity (Wildman–Crippen MR) is 66.2 cm³/mol. The van der Waals surface area contributed by atoms with Crippen molar-refractivity contribution in [2.45, 2.75) is 19.4 Å². The number of carbonyl (C=O) groups is 2. The fraction of sp³-hybridized carbons (Fsp3) is 0.333. The van der Waals surface area contributed by atoms with Crippen molar-refractivity contribution in [3.63, 3.8) is 0 Å². The summed E-state index contributed by atoms with van der Waals surface area (Å²) in [5.41, 5.74) is 7.27. The first-order chi connectivity index (χ1) is 8.41. The van der Waals surface area contributed by atoms with Gasteiger partial charge in [-0.1, -0.05) is 11.6 Å². The summed E-state index contributed by atoms with van der Waals surface area (Å²) in [5, 5.41) is 20.0. The highest BCUT2D eigenvalue weighted by Gasteiger charge is 2.14. The zero-order valence-electron chi connectivity index (χ0n) is 10.0. The lowest BCUT2D eigenvalue weighted by atomic mass is 10.1. The number of hydrogen-bond donors (Lipinski definition) is 4. The van der Waals surface area contributed by atoms with Crippen LogP contribution in [0.1, 0.15) is 22.3 Å². The maximum atomic E-state index is 11.7. The van der Waals surface area contributed by atoms with Crippen LogP contribution in [0.5, 0.6) is 0 Å². The summed E-state index contributed by atoms with van der Waals surface area (Å²) in [6.45, 7) is 1.91. The Morgan fingerprint density at radius 1 is 1.44 bits per heavy atom. The molecule has 0 aliphatic heterocycles. The van der Waals surface area contributed by atoms with Crippen molar-refractivity contribution in [2.24, 2.45) is 0 Å². The summed E-state index contributed by atoms with van der Waals surface area (Å²) >= 11 is 0. The number of amides is 1. The molecule has 5 N–H and O–H groups in total. The molecule has 0 radical (unpaired) electrons. The fourth-order valence-electron chi connectivity index (χ4n) is 1.41. The molecular formula is C12H16N2O4. The van der Waals surface area contributed by atoms with E-state index in [1.807, 2.05) is 6.92 Å². The number of rotatable bonds is 5. The van der Waals surface area contributed by atoms with Gasteiger partial charge in [0.1, 0.15) is 0 Å². The summed E-state index contributed by atoms with van der Waals surface area (Å²) in [4.78, 5) is 22.1. The van der Waals surface area contributed by atoms with Gasteiger partial charge in [0.15, 0.2) is 6.10 Å². The molecule has 0 bridgehead atoms. The Bertz CT molecular complexity index is 459. The molecule has 0 heterocycles. The van der Waals surface area contributed by atoms with Crippen molar-refractivity contribution >= 4 is 17.6 Å². The molecule has 0 saturated carbocycles. The second-order valence-corrected chi connectivity index (χ2v) is 3.99. The third-order valence-corrected chi connectivity index (χ3v) is 2.44. The number of nitrogens with two attached hydrogens (primary N) is 1. The lowest BCUT2D eigenvalue weighted by Gasteiger charge is -2.09. The smallest absolute Gasteiger partial charge is 0.332 e. The zero-order chi connectivity index (χ0) is 13.7. The average molecular weight is 252 g/mol. The number of aliphatic hydroxyl groups is 1. The molecule has 98 valence electrons. The van der Waals surface area contributed by atoms with Crippen LogP contribution in [0.15, 0.2) is 18.2 Å². The minimum absolute atomic E-state index is 0.0488. The van der Waals surface area contributed by atoms with Gasteiger partial charge < -0.3 is 21.3 Å². The Kier molecular flexibility index (Phi) is 4.67. The molecule has 18 heavy (non-hydrogen) atoms. The highest BCUT2D eigenvalue weighted by Crippen LogP contribution is 2.13. The number of hydrogen-bond acceptors (Lipinski definition) is 4. The van der Waals surface area contributed by atoms with Crippen LogP contribution < -0.4 is 11.1 Å².